The van der Waals surface area contributed by atoms with Gasteiger partial charge in [0.2, 0.25) is 0 Å². The second kappa shape index (κ2) is 4.93. The van der Waals surface area contributed by atoms with Gasteiger partial charge in [-0.3, -0.25) is 4.79 Å². The Hall–Kier alpha value is -2.18. The van der Waals surface area contributed by atoms with E-state index in [1.54, 1.807) is 48.5 Å². The summed E-state index contributed by atoms with van der Waals surface area (Å²) in [5, 5.41) is 8.27. The number of carbonyl (C=O) groups is 1. The molecule has 0 heterocycles. The molecule has 6 heteroatoms. The average molecular weight is 317 g/mol. The van der Waals surface area contributed by atoms with Gasteiger partial charge in [0.1, 0.15) is 10.8 Å². The number of sulfone groups is 1. The third kappa shape index (κ3) is 2.03. The first-order valence-electron chi connectivity index (χ1n) is 6.76. The van der Waals surface area contributed by atoms with Gasteiger partial charge in [0.25, 0.3) is 0 Å². The third-order valence-electron chi connectivity index (χ3n) is 4.11. The van der Waals surface area contributed by atoms with Gasteiger partial charge in [-0.05, 0) is 17.7 Å². The van der Waals surface area contributed by atoms with Gasteiger partial charge in [-0.25, -0.2) is 8.42 Å². The van der Waals surface area contributed by atoms with E-state index in [0.29, 0.717) is 5.56 Å². The summed E-state index contributed by atoms with van der Waals surface area (Å²) in [5.74, 6) is -2.05. The lowest BCUT2D eigenvalue weighted by atomic mass is 10.1. The van der Waals surface area contributed by atoms with E-state index >= 15 is 0 Å². The molecule has 3 rings (SSSR count). The Kier molecular flexibility index (Phi) is 3.30. The molecule has 0 saturated heterocycles. The second-order valence-electron chi connectivity index (χ2n) is 5.41. The lowest BCUT2D eigenvalue weighted by Gasteiger charge is -2.06. The Bertz CT molecular complexity index is 805. The summed E-state index contributed by atoms with van der Waals surface area (Å²) in [6.45, 7) is 0. The van der Waals surface area contributed by atoms with E-state index in [4.69, 9.17) is 5.73 Å². The van der Waals surface area contributed by atoms with Crippen molar-refractivity contribution in [3.63, 3.8) is 0 Å². The Labute approximate surface area is 128 Å². The molecule has 0 radical (unpaired) electrons. The van der Waals surface area contributed by atoms with E-state index in [2.05, 4.69) is 0 Å². The van der Waals surface area contributed by atoms with Crippen molar-refractivity contribution >= 4 is 15.8 Å². The Morgan fingerprint density at radius 1 is 1.00 bits per heavy atom. The summed E-state index contributed by atoms with van der Waals surface area (Å²) in [5.41, 5.74) is 4.78. The maximum atomic E-state index is 12.8. The topological polar surface area (TPSA) is 97.5 Å². The second-order valence-corrected chi connectivity index (χ2v) is 7.47. The molecule has 114 valence electrons. The van der Waals surface area contributed by atoms with Crippen molar-refractivity contribution in [2.45, 2.75) is 21.6 Å². The molecule has 2 aromatic carbocycles. The van der Waals surface area contributed by atoms with Crippen molar-refractivity contribution < 1.29 is 18.3 Å². The molecule has 5 nitrogen and oxygen atoms in total. The summed E-state index contributed by atoms with van der Waals surface area (Å²) < 4.78 is 25.5. The van der Waals surface area contributed by atoms with E-state index in [0.717, 1.165) is 0 Å². The summed E-state index contributed by atoms with van der Waals surface area (Å²) >= 11 is 0. The lowest BCUT2D eigenvalue weighted by Crippen LogP contribution is -2.39. The number of aliphatic carboxylic acids is 1. The Morgan fingerprint density at radius 3 is 2.00 bits per heavy atom. The van der Waals surface area contributed by atoms with E-state index < -0.39 is 32.5 Å². The van der Waals surface area contributed by atoms with Gasteiger partial charge in [-0.1, -0.05) is 48.5 Å². The largest absolute Gasteiger partial charge is 0.480 e. The van der Waals surface area contributed by atoms with Gasteiger partial charge in [0.15, 0.2) is 9.84 Å². The molecule has 3 N–H and O–H groups in total. The van der Waals surface area contributed by atoms with Crippen molar-refractivity contribution in [3.05, 3.63) is 66.2 Å². The van der Waals surface area contributed by atoms with E-state index in [1.807, 2.05) is 0 Å². The zero-order chi connectivity index (χ0) is 16.0. The van der Waals surface area contributed by atoms with Gasteiger partial charge in [0.05, 0.1) is 4.90 Å². The van der Waals surface area contributed by atoms with Crippen LogP contribution in [0.25, 0.3) is 0 Å². The molecule has 1 aliphatic rings. The van der Waals surface area contributed by atoms with Crippen LogP contribution in [0.5, 0.6) is 0 Å². The highest BCUT2D eigenvalue weighted by atomic mass is 32.2. The minimum absolute atomic E-state index is 0.0921. The minimum Gasteiger partial charge on any atom is -0.480 e. The zero-order valence-electron chi connectivity index (χ0n) is 11.6. The normalized spacial score (nSPS) is 27.3. The molecule has 1 saturated carbocycles. The summed E-state index contributed by atoms with van der Waals surface area (Å²) in [6, 6.07) is 16.5. The average Bonchev–Trinajstić information content (AvgIpc) is 3.18. The predicted molar refractivity (Wildman–Crippen MR) is 81.2 cm³/mol. The minimum atomic E-state index is -3.82. The molecule has 22 heavy (non-hydrogen) atoms. The summed E-state index contributed by atoms with van der Waals surface area (Å²) in [7, 11) is -3.82. The Balaban J connectivity index is 2.08. The molecule has 0 amide bonds. The highest BCUT2D eigenvalue weighted by Gasteiger charge is 2.74. The van der Waals surface area contributed by atoms with Crippen LogP contribution in [0.3, 0.4) is 0 Å². The molecule has 0 aliphatic heterocycles. The quantitative estimate of drug-likeness (QED) is 0.888. The zero-order valence-corrected chi connectivity index (χ0v) is 12.4. The smallest absolute Gasteiger partial charge is 0.325 e. The Morgan fingerprint density at radius 2 is 1.50 bits per heavy atom. The number of carboxylic acid groups (broad SMARTS) is 1. The van der Waals surface area contributed by atoms with E-state index in [9.17, 15) is 18.3 Å². The first-order valence-corrected chi connectivity index (χ1v) is 8.31. The summed E-state index contributed by atoms with van der Waals surface area (Å²) in [6.07, 6.45) is 0. The number of nitrogens with two attached hydrogens (primary N) is 1. The van der Waals surface area contributed by atoms with Crippen LogP contribution < -0.4 is 5.73 Å². The highest BCUT2D eigenvalue weighted by molar-refractivity contribution is 7.92. The monoisotopic (exact) mass is 317 g/mol. The number of hydrogen-bond donors (Lipinski definition) is 2. The van der Waals surface area contributed by atoms with Crippen LogP contribution >= 0.6 is 0 Å². The number of rotatable bonds is 4. The number of carboxylic acids is 1. The molecule has 1 aliphatic carbocycles. The van der Waals surface area contributed by atoms with E-state index in [-0.39, 0.29) is 4.90 Å². The van der Waals surface area contributed by atoms with Crippen LogP contribution in [0.4, 0.5) is 0 Å². The molecule has 0 aromatic heterocycles. The van der Waals surface area contributed by atoms with Crippen LogP contribution in [0, 0.1) is 0 Å². The van der Waals surface area contributed by atoms with Gasteiger partial charge in [0, 0.05) is 5.92 Å². The van der Waals surface area contributed by atoms with Crippen LogP contribution in [0.2, 0.25) is 0 Å². The van der Waals surface area contributed by atoms with Gasteiger partial charge in [-0.15, -0.1) is 0 Å². The molecule has 2 aromatic rings. The first kappa shape index (κ1) is 14.7. The fourth-order valence-corrected chi connectivity index (χ4v) is 5.19. The van der Waals surface area contributed by atoms with Gasteiger partial charge in [-0.2, -0.15) is 0 Å². The lowest BCUT2D eigenvalue weighted by molar-refractivity contribution is -0.139. The van der Waals surface area contributed by atoms with Crippen LogP contribution in [0.15, 0.2) is 65.6 Å². The molecule has 1 fully saturated rings. The molecule has 0 bridgehead atoms. The van der Waals surface area contributed by atoms with Crippen molar-refractivity contribution in [2.75, 3.05) is 0 Å². The fourth-order valence-electron chi connectivity index (χ4n) is 2.93. The van der Waals surface area contributed by atoms with Crippen molar-refractivity contribution in [1.29, 1.82) is 0 Å². The maximum absolute atomic E-state index is 12.8. The summed E-state index contributed by atoms with van der Waals surface area (Å²) in [4.78, 5) is 11.7. The van der Waals surface area contributed by atoms with Gasteiger partial charge >= 0.3 is 5.97 Å². The molecule has 0 spiro atoms. The van der Waals surface area contributed by atoms with Gasteiger partial charge < -0.3 is 10.8 Å². The third-order valence-corrected chi connectivity index (χ3v) is 6.37. The molecule has 0 unspecified atom stereocenters. The molecular formula is C16H15NO4S. The fraction of sp³-hybridized carbons (Fsp3) is 0.188. The van der Waals surface area contributed by atoms with Crippen LogP contribution in [-0.4, -0.2) is 30.3 Å². The number of benzene rings is 2. The highest BCUT2D eigenvalue weighted by Crippen LogP contribution is 2.55. The van der Waals surface area contributed by atoms with Crippen molar-refractivity contribution in [3.8, 4) is 0 Å². The van der Waals surface area contributed by atoms with Crippen LogP contribution in [0.1, 0.15) is 11.5 Å². The standard InChI is InChI=1S/C16H15NO4S/c17-16(15(18)19)13(11-7-3-1-4-8-11)14(16)22(20,21)12-9-5-2-6-10-12/h1-10,13-14H,17H2,(H,18,19)/t13-,14+,16-/m1/s1. The first-order chi connectivity index (χ1) is 10.4. The maximum Gasteiger partial charge on any atom is 0.325 e. The molecular weight excluding hydrogens is 302 g/mol. The van der Waals surface area contributed by atoms with Crippen LogP contribution in [-0.2, 0) is 14.6 Å². The SMILES string of the molecule is N[C@]1(C(=O)O)[C@H](c2ccccc2)[C@@H]1S(=O)(=O)c1ccccc1. The predicted octanol–water partition coefficient (Wildman–Crippen LogP) is 1.41. The van der Waals surface area contributed by atoms with E-state index in [1.165, 1.54) is 12.1 Å². The van der Waals surface area contributed by atoms with Crippen molar-refractivity contribution in [2.24, 2.45) is 5.73 Å². The number of hydrogen-bond acceptors (Lipinski definition) is 4. The van der Waals surface area contributed by atoms with Crippen molar-refractivity contribution in [1.82, 2.24) is 0 Å². The molecule has 3 atom stereocenters.